The maximum Gasteiger partial charge on any atom is 0.180 e. The maximum absolute atomic E-state index is 5.69. The van der Waals surface area contributed by atoms with Crippen LogP contribution in [0.1, 0.15) is 11.8 Å². The molecule has 1 aromatic heterocycles. The highest BCUT2D eigenvalue weighted by Gasteiger charge is 2.34. The van der Waals surface area contributed by atoms with Gasteiger partial charge in [-0.2, -0.15) is 0 Å². The van der Waals surface area contributed by atoms with Crippen LogP contribution < -0.4 is 5.73 Å². The van der Waals surface area contributed by atoms with E-state index in [1.165, 1.54) is 11.4 Å². The Morgan fingerprint density at radius 1 is 1.40 bits per heavy atom. The Bertz CT molecular complexity index is 424. The highest BCUT2D eigenvalue weighted by atomic mass is 35.5. The van der Waals surface area contributed by atoms with Gasteiger partial charge in [0, 0.05) is 49.8 Å². The van der Waals surface area contributed by atoms with Gasteiger partial charge in [0.15, 0.2) is 5.13 Å². The van der Waals surface area contributed by atoms with Gasteiger partial charge in [-0.1, -0.05) is 6.92 Å². The molecule has 0 aromatic carbocycles. The molecule has 7 heteroatoms. The van der Waals surface area contributed by atoms with Crippen LogP contribution >= 0.6 is 23.7 Å². The molecule has 2 fully saturated rings. The van der Waals surface area contributed by atoms with Gasteiger partial charge in [0.2, 0.25) is 0 Å². The second kappa shape index (κ2) is 7.04. The van der Waals surface area contributed by atoms with Crippen molar-refractivity contribution in [3.05, 3.63) is 11.1 Å². The van der Waals surface area contributed by atoms with Crippen molar-refractivity contribution in [3.8, 4) is 0 Å². The van der Waals surface area contributed by atoms with Crippen LogP contribution in [0.25, 0.3) is 0 Å². The minimum Gasteiger partial charge on any atom is -0.379 e. The lowest BCUT2D eigenvalue weighted by molar-refractivity contribution is 0.0118. The van der Waals surface area contributed by atoms with Crippen molar-refractivity contribution >= 4 is 28.9 Å². The number of nitrogen functional groups attached to an aromatic ring is 1. The van der Waals surface area contributed by atoms with E-state index in [9.17, 15) is 0 Å². The van der Waals surface area contributed by atoms with E-state index >= 15 is 0 Å². The molecule has 5 nitrogen and oxygen atoms in total. The fourth-order valence-corrected chi connectivity index (χ4v) is 3.90. The van der Waals surface area contributed by atoms with Crippen LogP contribution in [0.15, 0.2) is 6.20 Å². The van der Waals surface area contributed by atoms with Crippen molar-refractivity contribution in [1.29, 1.82) is 0 Å². The van der Waals surface area contributed by atoms with Gasteiger partial charge >= 0.3 is 0 Å². The number of nitrogens with zero attached hydrogens (tertiary/aromatic N) is 3. The Morgan fingerprint density at radius 3 is 2.80 bits per heavy atom. The molecular formula is C13H23ClN4OS. The molecule has 114 valence electrons. The first kappa shape index (κ1) is 16.0. The van der Waals surface area contributed by atoms with Gasteiger partial charge in [0.1, 0.15) is 0 Å². The van der Waals surface area contributed by atoms with Crippen molar-refractivity contribution in [2.24, 2.45) is 5.92 Å². The second-order valence-corrected chi connectivity index (χ2v) is 6.70. The molecule has 2 saturated heterocycles. The van der Waals surface area contributed by atoms with Crippen molar-refractivity contribution in [3.63, 3.8) is 0 Å². The number of anilines is 1. The summed E-state index contributed by atoms with van der Waals surface area (Å²) in [6.07, 6.45) is 1.91. The molecule has 0 amide bonds. The summed E-state index contributed by atoms with van der Waals surface area (Å²) < 4.78 is 5.44. The molecule has 0 radical (unpaired) electrons. The number of nitrogens with two attached hydrogens (primary N) is 1. The van der Waals surface area contributed by atoms with E-state index in [1.54, 1.807) is 11.3 Å². The number of hydrogen-bond acceptors (Lipinski definition) is 6. The Hall–Kier alpha value is -0.400. The normalized spacial score (nSPS) is 28.4. The van der Waals surface area contributed by atoms with E-state index in [0.717, 1.165) is 45.3 Å². The molecule has 2 aliphatic heterocycles. The Kier molecular flexibility index (Phi) is 5.63. The van der Waals surface area contributed by atoms with Gasteiger partial charge in [-0.15, -0.1) is 23.7 Å². The van der Waals surface area contributed by atoms with E-state index in [2.05, 4.69) is 21.7 Å². The molecular weight excluding hydrogens is 296 g/mol. The van der Waals surface area contributed by atoms with Gasteiger partial charge in [-0.3, -0.25) is 9.80 Å². The summed E-state index contributed by atoms with van der Waals surface area (Å²) in [5.41, 5.74) is 5.69. The van der Waals surface area contributed by atoms with Crippen LogP contribution in [0.3, 0.4) is 0 Å². The molecule has 20 heavy (non-hydrogen) atoms. The highest BCUT2D eigenvalue weighted by Crippen LogP contribution is 2.25. The predicted octanol–water partition coefficient (Wildman–Crippen LogP) is 1.30. The number of likely N-dealkylation sites (tertiary alicyclic amines) is 1. The van der Waals surface area contributed by atoms with E-state index in [1.807, 2.05) is 6.20 Å². The van der Waals surface area contributed by atoms with Crippen molar-refractivity contribution in [1.82, 2.24) is 14.8 Å². The summed E-state index contributed by atoms with van der Waals surface area (Å²) in [6.45, 7) is 9.59. The van der Waals surface area contributed by atoms with Crippen LogP contribution in [0, 0.1) is 5.92 Å². The first-order chi connectivity index (χ1) is 9.22. The lowest BCUT2D eigenvalue weighted by Crippen LogP contribution is -2.46. The molecule has 2 N–H and O–H groups in total. The molecule has 0 aliphatic carbocycles. The number of halogens is 1. The first-order valence-electron chi connectivity index (χ1n) is 6.96. The van der Waals surface area contributed by atoms with Crippen molar-refractivity contribution in [2.45, 2.75) is 19.5 Å². The third-order valence-corrected chi connectivity index (χ3v) is 4.93. The number of thiazole rings is 1. The molecule has 3 rings (SSSR count). The molecule has 0 bridgehead atoms. The lowest BCUT2D eigenvalue weighted by atomic mass is 10.0. The van der Waals surface area contributed by atoms with Gasteiger partial charge in [0.25, 0.3) is 0 Å². The van der Waals surface area contributed by atoms with E-state index < -0.39 is 0 Å². The fourth-order valence-electron chi connectivity index (χ4n) is 3.18. The van der Waals surface area contributed by atoms with Crippen LogP contribution in [-0.2, 0) is 11.3 Å². The molecule has 0 saturated carbocycles. The summed E-state index contributed by atoms with van der Waals surface area (Å²) in [5.74, 6) is 0.725. The maximum atomic E-state index is 5.69. The quantitative estimate of drug-likeness (QED) is 0.910. The zero-order chi connectivity index (χ0) is 13.2. The zero-order valence-corrected chi connectivity index (χ0v) is 13.5. The zero-order valence-electron chi connectivity index (χ0n) is 11.8. The molecule has 2 atom stereocenters. The SMILES string of the molecule is CC1CN(Cc2cnc(N)s2)CC1N1CCOCC1.Cl. The molecule has 0 spiro atoms. The number of morpholine rings is 1. The molecule has 3 heterocycles. The smallest absolute Gasteiger partial charge is 0.180 e. The van der Waals surface area contributed by atoms with E-state index in [0.29, 0.717) is 11.2 Å². The highest BCUT2D eigenvalue weighted by molar-refractivity contribution is 7.15. The number of hydrogen-bond donors (Lipinski definition) is 1. The summed E-state index contributed by atoms with van der Waals surface area (Å²) >= 11 is 1.60. The average molecular weight is 319 g/mol. The Labute approximate surface area is 130 Å². The van der Waals surface area contributed by atoms with Crippen molar-refractivity contribution in [2.75, 3.05) is 45.1 Å². The van der Waals surface area contributed by atoms with Crippen LogP contribution in [0.4, 0.5) is 5.13 Å². The van der Waals surface area contributed by atoms with E-state index in [-0.39, 0.29) is 12.4 Å². The van der Waals surface area contributed by atoms with Crippen LogP contribution in [0.5, 0.6) is 0 Å². The predicted molar refractivity (Wildman–Crippen MR) is 84.4 cm³/mol. The molecule has 1 aromatic rings. The number of aromatic nitrogens is 1. The molecule has 2 unspecified atom stereocenters. The van der Waals surface area contributed by atoms with Crippen molar-refractivity contribution < 1.29 is 4.74 Å². The van der Waals surface area contributed by atoms with Crippen LogP contribution in [-0.4, -0.2) is 60.2 Å². The number of ether oxygens (including phenoxy) is 1. The third kappa shape index (κ3) is 3.62. The number of rotatable bonds is 3. The molecule has 2 aliphatic rings. The summed E-state index contributed by atoms with van der Waals surface area (Å²) in [5, 5.41) is 0.673. The van der Waals surface area contributed by atoms with Crippen LogP contribution in [0.2, 0.25) is 0 Å². The first-order valence-corrected chi connectivity index (χ1v) is 7.78. The minimum atomic E-state index is 0. The fraction of sp³-hybridized carbons (Fsp3) is 0.769. The average Bonchev–Trinajstić information content (AvgIpc) is 2.97. The monoisotopic (exact) mass is 318 g/mol. The van der Waals surface area contributed by atoms with Gasteiger partial charge in [0.05, 0.1) is 13.2 Å². The topological polar surface area (TPSA) is 54.6 Å². The summed E-state index contributed by atoms with van der Waals surface area (Å²) in [4.78, 5) is 10.5. The Morgan fingerprint density at radius 2 is 2.15 bits per heavy atom. The summed E-state index contributed by atoms with van der Waals surface area (Å²) in [7, 11) is 0. The van der Waals surface area contributed by atoms with Gasteiger partial charge < -0.3 is 10.5 Å². The minimum absolute atomic E-state index is 0. The third-order valence-electron chi connectivity index (χ3n) is 4.11. The van der Waals surface area contributed by atoms with Gasteiger partial charge in [-0.05, 0) is 5.92 Å². The largest absolute Gasteiger partial charge is 0.379 e. The Balaban J connectivity index is 0.00000147. The summed E-state index contributed by atoms with van der Waals surface area (Å²) in [6, 6.07) is 0.675. The second-order valence-electron chi connectivity index (χ2n) is 5.55. The lowest BCUT2D eigenvalue weighted by Gasteiger charge is -2.34. The standard InChI is InChI=1S/C13H22N4OS.ClH/c1-10-7-16(8-11-6-15-13(14)19-11)9-12(10)17-2-4-18-5-3-17;/h6,10,12H,2-5,7-9H2,1H3,(H2,14,15);1H. The van der Waals surface area contributed by atoms with E-state index in [4.69, 9.17) is 10.5 Å². The van der Waals surface area contributed by atoms with Gasteiger partial charge in [-0.25, -0.2) is 4.98 Å².